The van der Waals surface area contributed by atoms with Crippen LogP contribution in [0.2, 0.25) is 0 Å². The van der Waals surface area contributed by atoms with E-state index >= 15 is 0 Å². The summed E-state index contributed by atoms with van der Waals surface area (Å²) < 4.78 is 24.3. The molecule has 23 heavy (non-hydrogen) atoms. The Morgan fingerprint density at radius 3 is 2.70 bits per heavy atom. The minimum atomic E-state index is -0.274. The molecule has 1 N–H and O–H groups in total. The van der Waals surface area contributed by atoms with Crippen molar-refractivity contribution >= 4 is 0 Å². The van der Waals surface area contributed by atoms with E-state index in [1.807, 2.05) is 6.07 Å². The quantitative estimate of drug-likeness (QED) is 0.833. The van der Waals surface area contributed by atoms with Crippen molar-refractivity contribution in [3.63, 3.8) is 0 Å². The summed E-state index contributed by atoms with van der Waals surface area (Å²) in [5, 5.41) is 3.86. The largest absolute Gasteiger partial charge is 0.494 e. The Morgan fingerprint density at radius 1 is 1.35 bits per heavy atom. The lowest BCUT2D eigenvalue weighted by molar-refractivity contribution is 0.0273. The number of methoxy groups -OCH3 is 1. The molecule has 0 aromatic heterocycles. The van der Waals surface area contributed by atoms with E-state index in [-0.39, 0.29) is 11.4 Å². The van der Waals surface area contributed by atoms with Crippen LogP contribution >= 0.6 is 0 Å². The lowest BCUT2D eigenvalue weighted by Gasteiger charge is -2.39. The van der Waals surface area contributed by atoms with Crippen molar-refractivity contribution in [2.75, 3.05) is 26.9 Å². The summed E-state index contributed by atoms with van der Waals surface area (Å²) in [6.07, 6.45) is 5.84. The Kier molecular flexibility index (Phi) is 5.22. The first kappa shape index (κ1) is 16.7. The highest BCUT2D eigenvalue weighted by molar-refractivity contribution is 5.29. The molecule has 4 heteroatoms. The van der Waals surface area contributed by atoms with Crippen molar-refractivity contribution in [2.24, 2.45) is 11.8 Å². The highest BCUT2D eigenvalue weighted by Gasteiger charge is 2.45. The topological polar surface area (TPSA) is 30.5 Å². The molecule has 1 saturated heterocycles. The third-order valence-electron chi connectivity index (χ3n) is 5.35. The third kappa shape index (κ3) is 4.04. The SMILES string of the molecule is COc1ccc(CC(C)CNC2(C3CC3)CCOCC2)cc1F. The van der Waals surface area contributed by atoms with Gasteiger partial charge in [0, 0.05) is 18.8 Å². The Bertz CT molecular complexity index is 524. The Morgan fingerprint density at radius 2 is 2.09 bits per heavy atom. The van der Waals surface area contributed by atoms with E-state index in [0.717, 1.165) is 50.5 Å². The summed E-state index contributed by atoms with van der Waals surface area (Å²) in [6.45, 7) is 4.96. The summed E-state index contributed by atoms with van der Waals surface area (Å²) in [4.78, 5) is 0. The van der Waals surface area contributed by atoms with Gasteiger partial charge in [0.2, 0.25) is 0 Å². The molecule has 1 aliphatic heterocycles. The van der Waals surface area contributed by atoms with Crippen LogP contribution in [0.1, 0.15) is 38.2 Å². The van der Waals surface area contributed by atoms with Crippen LogP contribution in [0.3, 0.4) is 0 Å². The molecule has 1 saturated carbocycles. The molecule has 1 heterocycles. The summed E-state index contributed by atoms with van der Waals surface area (Å²) in [6, 6.07) is 5.28. The zero-order valence-corrected chi connectivity index (χ0v) is 14.2. The van der Waals surface area contributed by atoms with Crippen LogP contribution in [-0.4, -0.2) is 32.4 Å². The molecule has 1 unspecified atom stereocenters. The standard InChI is InChI=1S/C19H28FNO2/c1-14(11-15-3-6-18(22-2)17(20)12-15)13-21-19(16-4-5-16)7-9-23-10-8-19/h3,6,12,14,16,21H,4-5,7-11,13H2,1-2H3. The first-order chi connectivity index (χ1) is 11.1. The van der Waals surface area contributed by atoms with Gasteiger partial charge in [-0.15, -0.1) is 0 Å². The van der Waals surface area contributed by atoms with Gasteiger partial charge < -0.3 is 14.8 Å². The molecule has 3 rings (SSSR count). The van der Waals surface area contributed by atoms with Crippen LogP contribution in [-0.2, 0) is 11.2 Å². The maximum Gasteiger partial charge on any atom is 0.165 e. The van der Waals surface area contributed by atoms with Crippen molar-refractivity contribution in [2.45, 2.75) is 44.6 Å². The lowest BCUT2D eigenvalue weighted by Crippen LogP contribution is -2.52. The molecule has 128 valence electrons. The number of ether oxygens (including phenoxy) is 2. The van der Waals surface area contributed by atoms with Crippen molar-refractivity contribution < 1.29 is 13.9 Å². The minimum absolute atomic E-state index is 0.274. The first-order valence-electron chi connectivity index (χ1n) is 8.78. The van der Waals surface area contributed by atoms with Gasteiger partial charge >= 0.3 is 0 Å². The van der Waals surface area contributed by atoms with Crippen LogP contribution in [0.4, 0.5) is 4.39 Å². The van der Waals surface area contributed by atoms with E-state index < -0.39 is 0 Å². The average Bonchev–Trinajstić information content (AvgIpc) is 3.39. The van der Waals surface area contributed by atoms with Crippen LogP contribution in [0.15, 0.2) is 18.2 Å². The number of halogens is 1. The summed E-state index contributed by atoms with van der Waals surface area (Å²) in [5.41, 5.74) is 1.32. The summed E-state index contributed by atoms with van der Waals surface area (Å²) >= 11 is 0. The highest BCUT2D eigenvalue weighted by atomic mass is 19.1. The normalized spacial score (nSPS) is 21.9. The molecule has 0 amide bonds. The molecule has 2 aliphatic rings. The third-order valence-corrected chi connectivity index (χ3v) is 5.35. The molecule has 1 aliphatic carbocycles. The van der Waals surface area contributed by atoms with Crippen molar-refractivity contribution in [3.8, 4) is 5.75 Å². The zero-order valence-electron chi connectivity index (χ0n) is 14.2. The van der Waals surface area contributed by atoms with Crippen LogP contribution in [0, 0.1) is 17.7 Å². The fourth-order valence-corrected chi connectivity index (χ4v) is 3.79. The lowest BCUT2D eigenvalue weighted by atomic mass is 9.84. The highest BCUT2D eigenvalue weighted by Crippen LogP contribution is 2.44. The van der Waals surface area contributed by atoms with Gasteiger partial charge in [-0.25, -0.2) is 4.39 Å². The average molecular weight is 321 g/mol. The van der Waals surface area contributed by atoms with E-state index in [9.17, 15) is 4.39 Å². The molecule has 2 fully saturated rings. The molecule has 0 radical (unpaired) electrons. The zero-order chi connectivity index (χ0) is 16.3. The molecule has 1 atom stereocenters. The monoisotopic (exact) mass is 321 g/mol. The second kappa shape index (κ2) is 7.18. The summed E-state index contributed by atoms with van der Waals surface area (Å²) in [5.74, 6) is 1.34. The van der Waals surface area contributed by atoms with E-state index in [4.69, 9.17) is 9.47 Å². The predicted molar refractivity (Wildman–Crippen MR) is 89.3 cm³/mol. The molecular formula is C19H28FNO2. The number of nitrogens with one attached hydrogen (secondary N) is 1. The van der Waals surface area contributed by atoms with Gasteiger partial charge in [0.05, 0.1) is 7.11 Å². The molecule has 0 spiro atoms. The predicted octanol–water partition coefficient (Wildman–Crippen LogP) is 3.56. The molecule has 1 aromatic rings. The summed E-state index contributed by atoms with van der Waals surface area (Å²) in [7, 11) is 1.50. The van der Waals surface area contributed by atoms with Crippen LogP contribution in [0.25, 0.3) is 0 Å². The first-order valence-corrected chi connectivity index (χ1v) is 8.78. The van der Waals surface area contributed by atoms with Crippen molar-refractivity contribution in [1.82, 2.24) is 5.32 Å². The van der Waals surface area contributed by atoms with Crippen LogP contribution in [0.5, 0.6) is 5.75 Å². The Labute approximate surface area is 138 Å². The number of hydrogen-bond donors (Lipinski definition) is 1. The maximum absolute atomic E-state index is 13.8. The Hall–Kier alpha value is -1.13. The smallest absolute Gasteiger partial charge is 0.165 e. The molecular weight excluding hydrogens is 293 g/mol. The van der Waals surface area contributed by atoms with Crippen LogP contribution < -0.4 is 10.1 Å². The van der Waals surface area contributed by atoms with Gasteiger partial charge in [-0.2, -0.15) is 0 Å². The second-order valence-corrected chi connectivity index (χ2v) is 7.20. The fourth-order valence-electron chi connectivity index (χ4n) is 3.79. The van der Waals surface area contributed by atoms with Gasteiger partial charge in [-0.3, -0.25) is 0 Å². The van der Waals surface area contributed by atoms with Crippen molar-refractivity contribution in [3.05, 3.63) is 29.6 Å². The fraction of sp³-hybridized carbons (Fsp3) is 0.684. The van der Waals surface area contributed by atoms with E-state index in [0.29, 0.717) is 11.7 Å². The Balaban J connectivity index is 1.54. The van der Waals surface area contributed by atoms with Gasteiger partial charge in [0.1, 0.15) is 0 Å². The second-order valence-electron chi connectivity index (χ2n) is 7.20. The number of hydrogen-bond acceptors (Lipinski definition) is 3. The van der Waals surface area contributed by atoms with Gasteiger partial charge in [0.15, 0.2) is 11.6 Å². The van der Waals surface area contributed by atoms with E-state index in [1.54, 1.807) is 12.1 Å². The molecule has 3 nitrogen and oxygen atoms in total. The molecule has 0 bridgehead atoms. The van der Waals surface area contributed by atoms with Gasteiger partial charge in [-0.05, 0) is 68.2 Å². The molecule has 1 aromatic carbocycles. The maximum atomic E-state index is 13.8. The van der Waals surface area contributed by atoms with Gasteiger partial charge in [0.25, 0.3) is 0 Å². The van der Waals surface area contributed by atoms with E-state index in [2.05, 4.69) is 12.2 Å². The number of rotatable bonds is 7. The minimum Gasteiger partial charge on any atom is -0.494 e. The number of benzene rings is 1. The van der Waals surface area contributed by atoms with E-state index in [1.165, 1.54) is 20.0 Å². The van der Waals surface area contributed by atoms with Crippen molar-refractivity contribution in [1.29, 1.82) is 0 Å². The van der Waals surface area contributed by atoms with Gasteiger partial charge in [-0.1, -0.05) is 13.0 Å².